The minimum atomic E-state index is -0.499. The second kappa shape index (κ2) is 6.67. The maximum atomic E-state index is 11.8. The summed E-state index contributed by atoms with van der Waals surface area (Å²) in [5.74, 6) is 0.337. The van der Waals surface area contributed by atoms with E-state index in [1.54, 1.807) is 6.07 Å². The van der Waals surface area contributed by atoms with E-state index in [1.807, 2.05) is 4.90 Å². The highest BCUT2D eigenvalue weighted by molar-refractivity contribution is 6.03. The van der Waals surface area contributed by atoms with Crippen molar-refractivity contribution >= 4 is 11.8 Å². The molecule has 2 rings (SSSR count). The number of nitrogens with one attached hydrogen (secondary N) is 1. The second-order valence-corrected chi connectivity index (χ2v) is 5.35. The maximum absolute atomic E-state index is 11.8. The molecule has 0 spiro atoms. The SMILES string of the molecule is CC1CCN(CC(=O)NC(=O)c2ccco2)CC1CN. The monoisotopic (exact) mass is 279 g/mol. The van der Waals surface area contributed by atoms with Gasteiger partial charge in [-0.2, -0.15) is 0 Å². The Hall–Kier alpha value is -1.66. The van der Waals surface area contributed by atoms with Crippen molar-refractivity contribution in [1.29, 1.82) is 0 Å². The molecule has 1 aliphatic heterocycles. The fourth-order valence-electron chi connectivity index (χ4n) is 2.51. The Bertz CT molecular complexity index is 458. The van der Waals surface area contributed by atoms with Gasteiger partial charge in [0.2, 0.25) is 5.91 Å². The van der Waals surface area contributed by atoms with Gasteiger partial charge in [0.05, 0.1) is 12.8 Å². The summed E-state index contributed by atoms with van der Waals surface area (Å²) in [6.07, 6.45) is 2.43. The van der Waals surface area contributed by atoms with E-state index in [2.05, 4.69) is 12.2 Å². The van der Waals surface area contributed by atoms with Crippen LogP contribution < -0.4 is 11.1 Å². The van der Waals surface area contributed by atoms with Gasteiger partial charge in [-0.3, -0.25) is 19.8 Å². The van der Waals surface area contributed by atoms with Gasteiger partial charge >= 0.3 is 0 Å². The van der Waals surface area contributed by atoms with Crippen LogP contribution in [0.25, 0.3) is 0 Å². The van der Waals surface area contributed by atoms with Crippen LogP contribution in [0.15, 0.2) is 22.8 Å². The summed E-state index contributed by atoms with van der Waals surface area (Å²) >= 11 is 0. The highest BCUT2D eigenvalue weighted by Gasteiger charge is 2.26. The highest BCUT2D eigenvalue weighted by atomic mass is 16.3. The molecular formula is C14H21N3O3. The first-order valence-electron chi connectivity index (χ1n) is 6.90. The van der Waals surface area contributed by atoms with Gasteiger partial charge in [-0.05, 0) is 43.5 Å². The zero-order chi connectivity index (χ0) is 14.5. The van der Waals surface area contributed by atoms with Crippen molar-refractivity contribution in [2.75, 3.05) is 26.2 Å². The van der Waals surface area contributed by atoms with E-state index in [1.165, 1.54) is 12.3 Å². The molecular weight excluding hydrogens is 258 g/mol. The molecule has 0 aliphatic carbocycles. The van der Waals surface area contributed by atoms with Crippen LogP contribution in [0.2, 0.25) is 0 Å². The molecule has 2 unspecified atom stereocenters. The fraction of sp³-hybridized carbons (Fsp3) is 0.571. The first-order valence-corrected chi connectivity index (χ1v) is 6.90. The molecule has 110 valence electrons. The molecule has 1 aliphatic rings. The Morgan fingerprint density at radius 2 is 2.35 bits per heavy atom. The van der Waals surface area contributed by atoms with E-state index in [-0.39, 0.29) is 18.2 Å². The van der Waals surface area contributed by atoms with E-state index in [9.17, 15) is 9.59 Å². The molecule has 2 atom stereocenters. The zero-order valence-corrected chi connectivity index (χ0v) is 11.7. The van der Waals surface area contributed by atoms with Crippen LogP contribution in [0.3, 0.4) is 0 Å². The van der Waals surface area contributed by atoms with Gasteiger partial charge < -0.3 is 10.2 Å². The van der Waals surface area contributed by atoms with E-state index in [0.717, 1.165) is 19.5 Å². The van der Waals surface area contributed by atoms with Gasteiger partial charge in [0, 0.05) is 6.54 Å². The third-order valence-corrected chi connectivity index (χ3v) is 3.87. The van der Waals surface area contributed by atoms with Crippen LogP contribution in [-0.2, 0) is 4.79 Å². The van der Waals surface area contributed by atoms with Crippen molar-refractivity contribution in [2.45, 2.75) is 13.3 Å². The standard InChI is InChI=1S/C14H21N3O3/c1-10-4-5-17(8-11(10)7-15)9-13(18)16-14(19)12-3-2-6-20-12/h2-3,6,10-11H,4-5,7-9,15H2,1H3,(H,16,18,19). The number of hydrogen-bond acceptors (Lipinski definition) is 5. The van der Waals surface area contributed by atoms with Crippen molar-refractivity contribution in [3.63, 3.8) is 0 Å². The molecule has 6 heteroatoms. The number of nitrogens with zero attached hydrogens (tertiary/aromatic N) is 1. The van der Waals surface area contributed by atoms with Crippen LogP contribution in [0, 0.1) is 11.8 Å². The number of amides is 2. The summed E-state index contributed by atoms with van der Waals surface area (Å²) in [4.78, 5) is 25.6. The normalized spacial score (nSPS) is 23.5. The average Bonchev–Trinajstić information content (AvgIpc) is 2.95. The summed E-state index contributed by atoms with van der Waals surface area (Å²) in [5, 5.41) is 2.33. The quantitative estimate of drug-likeness (QED) is 0.835. The Balaban J connectivity index is 1.81. The molecule has 1 aromatic rings. The number of hydrogen-bond donors (Lipinski definition) is 2. The Kier molecular flexibility index (Phi) is 4.92. The molecule has 0 radical (unpaired) electrons. The van der Waals surface area contributed by atoms with Gasteiger partial charge in [-0.1, -0.05) is 6.92 Å². The number of piperidine rings is 1. The molecule has 3 N–H and O–H groups in total. The van der Waals surface area contributed by atoms with E-state index in [4.69, 9.17) is 10.2 Å². The third-order valence-electron chi connectivity index (χ3n) is 3.87. The predicted octanol–water partition coefficient (Wildman–Crippen LogP) is 0.453. The minimum Gasteiger partial charge on any atom is -0.459 e. The van der Waals surface area contributed by atoms with Gasteiger partial charge in [0.15, 0.2) is 5.76 Å². The second-order valence-electron chi connectivity index (χ2n) is 5.35. The number of imide groups is 1. The molecule has 6 nitrogen and oxygen atoms in total. The largest absolute Gasteiger partial charge is 0.459 e. The van der Waals surface area contributed by atoms with Gasteiger partial charge in [-0.25, -0.2) is 0 Å². The van der Waals surface area contributed by atoms with Crippen molar-refractivity contribution in [1.82, 2.24) is 10.2 Å². The van der Waals surface area contributed by atoms with Crippen LogP contribution in [0.4, 0.5) is 0 Å². The van der Waals surface area contributed by atoms with E-state index >= 15 is 0 Å². The smallest absolute Gasteiger partial charge is 0.293 e. The number of rotatable bonds is 4. The first-order chi connectivity index (χ1) is 9.60. The summed E-state index contributed by atoms with van der Waals surface area (Å²) in [5.41, 5.74) is 5.74. The topological polar surface area (TPSA) is 88.6 Å². The molecule has 1 fully saturated rings. The van der Waals surface area contributed by atoms with Crippen molar-refractivity contribution < 1.29 is 14.0 Å². The minimum absolute atomic E-state index is 0.144. The van der Waals surface area contributed by atoms with Crippen molar-refractivity contribution in [2.24, 2.45) is 17.6 Å². The zero-order valence-electron chi connectivity index (χ0n) is 11.7. The lowest BCUT2D eigenvalue weighted by molar-refractivity contribution is -0.121. The Morgan fingerprint density at radius 1 is 1.55 bits per heavy atom. The summed E-state index contributed by atoms with van der Waals surface area (Å²) in [6, 6.07) is 3.13. The Labute approximate surface area is 118 Å². The lowest BCUT2D eigenvalue weighted by Gasteiger charge is -2.36. The van der Waals surface area contributed by atoms with Crippen LogP contribution >= 0.6 is 0 Å². The molecule has 0 saturated carbocycles. The highest BCUT2D eigenvalue weighted by Crippen LogP contribution is 2.21. The molecule has 0 aromatic carbocycles. The molecule has 1 saturated heterocycles. The predicted molar refractivity (Wildman–Crippen MR) is 73.9 cm³/mol. The van der Waals surface area contributed by atoms with Gasteiger partial charge in [0.1, 0.15) is 0 Å². The number of carbonyl (C=O) groups is 2. The number of carbonyl (C=O) groups excluding carboxylic acids is 2. The first kappa shape index (κ1) is 14.7. The molecule has 2 amide bonds. The van der Waals surface area contributed by atoms with E-state index < -0.39 is 5.91 Å². The fourth-order valence-corrected chi connectivity index (χ4v) is 2.51. The molecule has 2 heterocycles. The lowest BCUT2D eigenvalue weighted by Crippen LogP contribution is -2.47. The van der Waals surface area contributed by atoms with Crippen molar-refractivity contribution in [3.05, 3.63) is 24.2 Å². The van der Waals surface area contributed by atoms with Crippen LogP contribution in [0.5, 0.6) is 0 Å². The maximum Gasteiger partial charge on any atom is 0.293 e. The lowest BCUT2D eigenvalue weighted by atomic mass is 9.87. The van der Waals surface area contributed by atoms with Crippen LogP contribution in [-0.4, -0.2) is 42.9 Å². The Morgan fingerprint density at radius 3 is 3.00 bits per heavy atom. The summed E-state index contributed by atoms with van der Waals surface area (Å²) in [7, 11) is 0. The van der Waals surface area contributed by atoms with Gasteiger partial charge in [-0.15, -0.1) is 0 Å². The number of likely N-dealkylation sites (tertiary alicyclic amines) is 1. The summed E-state index contributed by atoms with van der Waals surface area (Å²) < 4.78 is 4.94. The van der Waals surface area contributed by atoms with Gasteiger partial charge in [0.25, 0.3) is 5.91 Å². The van der Waals surface area contributed by atoms with Crippen molar-refractivity contribution in [3.8, 4) is 0 Å². The molecule has 1 aromatic heterocycles. The average molecular weight is 279 g/mol. The number of furan rings is 1. The van der Waals surface area contributed by atoms with E-state index in [0.29, 0.717) is 18.4 Å². The number of nitrogens with two attached hydrogens (primary N) is 1. The summed E-state index contributed by atoms with van der Waals surface area (Å²) in [6.45, 7) is 4.70. The van der Waals surface area contributed by atoms with Crippen LogP contribution in [0.1, 0.15) is 23.9 Å². The third kappa shape index (κ3) is 3.68. The molecule has 20 heavy (non-hydrogen) atoms. The molecule has 0 bridgehead atoms.